The Bertz CT molecular complexity index is 273. The van der Waals surface area contributed by atoms with E-state index in [-0.39, 0.29) is 25.3 Å². The van der Waals surface area contributed by atoms with E-state index in [1.54, 1.807) is 0 Å². The minimum atomic E-state index is -4.17. The van der Waals surface area contributed by atoms with Gasteiger partial charge in [-0.25, -0.2) is 0 Å². The minimum absolute atomic E-state index is 0.0161. The van der Waals surface area contributed by atoms with Crippen LogP contribution in [0, 0.1) is 5.92 Å². The Balaban J connectivity index is 2.28. The molecule has 0 bridgehead atoms. The van der Waals surface area contributed by atoms with Crippen LogP contribution in [0.5, 0.6) is 0 Å². The third kappa shape index (κ3) is 4.81. The first-order valence-electron chi connectivity index (χ1n) is 6.03. The second kappa shape index (κ2) is 6.38. The molecule has 1 rings (SSSR count). The van der Waals surface area contributed by atoms with Gasteiger partial charge in [0.2, 0.25) is 5.91 Å². The molecule has 2 atom stereocenters. The lowest BCUT2D eigenvalue weighted by Crippen LogP contribution is -2.52. The average molecular weight is 267 g/mol. The van der Waals surface area contributed by atoms with E-state index in [1.807, 2.05) is 19.0 Å². The van der Waals surface area contributed by atoms with Gasteiger partial charge in [-0.05, 0) is 26.9 Å². The molecule has 2 unspecified atom stereocenters. The fraction of sp³-hybridized carbons (Fsp3) is 0.909. The molecule has 1 heterocycles. The van der Waals surface area contributed by atoms with Crippen molar-refractivity contribution in [2.45, 2.75) is 25.1 Å². The second-order valence-corrected chi connectivity index (χ2v) is 4.87. The summed E-state index contributed by atoms with van der Waals surface area (Å²) in [6.45, 7) is 1.05. The van der Waals surface area contributed by atoms with Crippen LogP contribution < -0.4 is 10.6 Å². The van der Waals surface area contributed by atoms with Gasteiger partial charge in [-0.1, -0.05) is 0 Å². The van der Waals surface area contributed by atoms with Crippen LogP contribution in [0.3, 0.4) is 0 Å². The van der Waals surface area contributed by atoms with Crippen molar-refractivity contribution in [3.8, 4) is 0 Å². The van der Waals surface area contributed by atoms with E-state index in [2.05, 4.69) is 10.6 Å². The number of carbonyl (C=O) groups is 1. The topological polar surface area (TPSA) is 44.4 Å². The van der Waals surface area contributed by atoms with Crippen molar-refractivity contribution in [1.82, 2.24) is 15.5 Å². The molecule has 0 spiro atoms. The maximum Gasteiger partial charge on any atom is 0.393 e. The van der Waals surface area contributed by atoms with Gasteiger partial charge < -0.3 is 15.5 Å². The molecule has 106 valence electrons. The van der Waals surface area contributed by atoms with E-state index in [4.69, 9.17) is 0 Å². The van der Waals surface area contributed by atoms with Crippen LogP contribution in [-0.4, -0.2) is 56.8 Å². The number of likely N-dealkylation sites (N-methyl/N-ethyl adjacent to an activating group) is 1. The summed E-state index contributed by atoms with van der Waals surface area (Å²) in [5, 5.41) is 5.38. The highest BCUT2D eigenvalue weighted by molar-refractivity contribution is 5.81. The number of amides is 1. The Morgan fingerprint density at radius 1 is 1.39 bits per heavy atom. The van der Waals surface area contributed by atoms with Crippen molar-refractivity contribution in [2.75, 3.05) is 33.7 Å². The lowest BCUT2D eigenvalue weighted by molar-refractivity contribution is -0.180. The van der Waals surface area contributed by atoms with Crippen LogP contribution >= 0.6 is 0 Å². The predicted octanol–water partition coefficient (Wildman–Crippen LogP) is 0.595. The summed E-state index contributed by atoms with van der Waals surface area (Å²) in [6, 6.07) is -0.495. The highest BCUT2D eigenvalue weighted by Gasteiger charge is 2.42. The zero-order valence-electron chi connectivity index (χ0n) is 10.7. The van der Waals surface area contributed by atoms with Crippen molar-refractivity contribution >= 4 is 5.91 Å². The highest BCUT2D eigenvalue weighted by Crippen LogP contribution is 2.31. The van der Waals surface area contributed by atoms with E-state index in [0.29, 0.717) is 13.1 Å². The monoisotopic (exact) mass is 267 g/mol. The number of alkyl halides is 3. The maximum atomic E-state index is 12.4. The Labute approximate surface area is 105 Å². The molecular formula is C11H20F3N3O. The molecule has 1 amide bonds. The Hall–Kier alpha value is -0.820. The Morgan fingerprint density at radius 2 is 2.06 bits per heavy atom. The first-order chi connectivity index (χ1) is 8.30. The molecule has 2 N–H and O–H groups in total. The van der Waals surface area contributed by atoms with E-state index >= 15 is 0 Å². The van der Waals surface area contributed by atoms with Crippen molar-refractivity contribution in [3.63, 3.8) is 0 Å². The fourth-order valence-corrected chi connectivity index (χ4v) is 1.89. The zero-order chi connectivity index (χ0) is 13.8. The summed E-state index contributed by atoms with van der Waals surface area (Å²) < 4.78 is 37.2. The Kier molecular flexibility index (Phi) is 5.40. The van der Waals surface area contributed by atoms with Crippen molar-refractivity contribution in [1.29, 1.82) is 0 Å². The lowest BCUT2D eigenvalue weighted by Gasteiger charge is -2.30. The molecule has 1 fully saturated rings. The molecule has 7 heteroatoms. The molecule has 1 aliphatic heterocycles. The van der Waals surface area contributed by atoms with Gasteiger partial charge in [0.05, 0.1) is 12.0 Å². The van der Waals surface area contributed by atoms with Gasteiger partial charge in [-0.15, -0.1) is 0 Å². The third-order valence-electron chi connectivity index (χ3n) is 3.05. The number of halogens is 3. The van der Waals surface area contributed by atoms with Gasteiger partial charge in [-0.3, -0.25) is 4.79 Å². The Morgan fingerprint density at radius 3 is 2.50 bits per heavy atom. The number of hydrogen-bond acceptors (Lipinski definition) is 3. The molecular weight excluding hydrogens is 247 g/mol. The highest BCUT2D eigenvalue weighted by atomic mass is 19.4. The SMILES string of the molecule is CN(C)CCNC(=O)C1CCC(C(F)(F)F)CN1. The fourth-order valence-electron chi connectivity index (χ4n) is 1.89. The minimum Gasteiger partial charge on any atom is -0.353 e. The number of piperidine rings is 1. The van der Waals surface area contributed by atoms with Gasteiger partial charge >= 0.3 is 6.18 Å². The number of hydrogen-bond donors (Lipinski definition) is 2. The lowest BCUT2D eigenvalue weighted by atomic mass is 9.94. The zero-order valence-corrected chi connectivity index (χ0v) is 10.7. The molecule has 1 aliphatic rings. The van der Waals surface area contributed by atoms with Gasteiger partial charge in [-0.2, -0.15) is 13.2 Å². The third-order valence-corrected chi connectivity index (χ3v) is 3.05. The number of rotatable bonds is 4. The van der Waals surface area contributed by atoms with Gasteiger partial charge in [0, 0.05) is 19.6 Å². The first kappa shape index (κ1) is 15.2. The summed E-state index contributed by atoms with van der Waals surface area (Å²) in [4.78, 5) is 13.6. The van der Waals surface area contributed by atoms with Crippen molar-refractivity contribution in [2.24, 2.45) is 5.92 Å². The summed E-state index contributed by atoms with van der Waals surface area (Å²) in [7, 11) is 3.78. The molecule has 0 aromatic rings. The van der Waals surface area contributed by atoms with E-state index < -0.39 is 18.1 Å². The van der Waals surface area contributed by atoms with Crippen molar-refractivity contribution in [3.05, 3.63) is 0 Å². The quantitative estimate of drug-likeness (QED) is 0.784. The first-order valence-corrected chi connectivity index (χ1v) is 6.03. The number of nitrogens with zero attached hydrogens (tertiary/aromatic N) is 1. The van der Waals surface area contributed by atoms with E-state index in [1.165, 1.54) is 0 Å². The standard InChI is InChI=1S/C11H20F3N3O/c1-17(2)6-5-15-10(18)9-4-3-8(7-16-9)11(12,13)14/h8-9,16H,3-7H2,1-2H3,(H,15,18). The molecule has 0 aliphatic carbocycles. The van der Waals surface area contributed by atoms with E-state index in [0.717, 1.165) is 0 Å². The van der Waals surface area contributed by atoms with Crippen LogP contribution in [0.4, 0.5) is 13.2 Å². The van der Waals surface area contributed by atoms with Gasteiger partial charge in [0.25, 0.3) is 0 Å². The molecule has 4 nitrogen and oxygen atoms in total. The normalized spacial score (nSPS) is 25.2. The van der Waals surface area contributed by atoms with Crippen molar-refractivity contribution < 1.29 is 18.0 Å². The molecule has 18 heavy (non-hydrogen) atoms. The van der Waals surface area contributed by atoms with Gasteiger partial charge in [0.15, 0.2) is 0 Å². The molecule has 1 saturated heterocycles. The van der Waals surface area contributed by atoms with Crippen LogP contribution in [0.25, 0.3) is 0 Å². The predicted molar refractivity (Wildman–Crippen MR) is 62.1 cm³/mol. The van der Waals surface area contributed by atoms with Crippen LogP contribution in [0.2, 0.25) is 0 Å². The smallest absolute Gasteiger partial charge is 0.353 e. The second-order valence-electron chi connectivity index (χ2n) is 4.87. The summed E-state index contributed by atoms with van der Waals surface area (Å²) >= 11 is 0. The molecule has 0 aromatic heterocycles. The van der Waals surface area contributed by atoms with Crippen LogP contribution in [0.1, 0.15) is 12.8 Å². The summed E-state index contributed by atoms with van der Waals surface area (Å²) in [5.41, 5.74) is 0. The molecule has 0 saturated carbocycles. The van der Waals surface area contributed by atoms with E-state index in [9.17, 15) is 18.0 Å². The molecule has 0 aromatic carbocycles. The largest absolute Gasteiger partial charge is 0.393 e. The van der Waals surface area contributed by atoms with Gasteiger partial charge in [0.1, 0.15) is 0 Å². The maximum absolute atomic E-state index is 12.4. The number of carbonyl (C=O) groups excluding carboxylic acids is 1. The van der Waals surface area contributed by atoms with Crippen LogP contribution in [-0.2, 0) is 4.79 Å². The average Bonchev–Trinajstić information content (AvgIpc) is 2.27. The summed E-state index contributed by atoms with van der Waals surface area (Å²) in [6.07, 6.45) is -3.92. The van der Waals surface area contributed by atoms with Crippen LogP contribution in [0.15, 0.2) is 0 Å². The number of nitrogens with one attached hydrogen (secondary N) is 2. The molecule has 0 radical (unpaired) electrons. The summed E-state index contributed by atoms with van der Waals surface area (Å²) in [5.74, 6) is -1.54.